The summed E-state index contributed by atoms with van der Waals surface area (Å²) in [5.41, 5.74) is 1.03. The Hall–Kier alpha value is -2.90. The molecule has 3 rings (SSSR count). The summed E-state index contributed by atoms with van der Waals surface area (Å²) in [6.07, 6.45) is -0.533. The van der Waals surface area contributed by atoms with Gasteiger partial charge in [0.05, 0.1) is 5.69 Å². The van der Waals surface area contributed by atoms with Crippen LogP contribution >= 0.6 is 0 Å². The van der Waals surface area contributed by atoms with Crippen LogP contribution in [-0.2, 0) is 4.79 Å². The lowest BCUT2D eigenvalue weighted by Gasteiger charge is -2.23. The van der Waals surface area contributed by atoms with E-state index in [1.165, 1.54) is 0 Å². The summed E-state index contributed by atoms with van der Waals surface area (Å²) in [6, 6.07) is 4.99. The molecule has 8 nitrogen and oxygen atoms in total. The van der Waals surface area contributed by atoms with Gasteiger partial charge in [0.15, 0.2) is 6.10 Å². The first-order valence-electron chi connectivity index (χ1n) is 6.35. The lowest BCUT2D eigenvalue weighted by Crippen LogP contribution is -2.34. The van der Waals surface area contributed by atoms with Gasteiger partial charge in [-0.3, -0.25) is 14.7 Å². The summed E-state index contributed by atoms with van der Waals surface area (Å²) in [6.45, 7) is 3.37. The molecule has 1 unspecified atom stereocenters. The molecule has 108 valence electrons. The molecule has 21 heavy (non-hydrogen) atoms. The van der Waals surface area contributed by atoms with Crippen molar-refractivity contribution in [2.45, 2.75) is 20.0 Å². The van der Waals surface area contributed by atoms with E-state index in [-0.39, 0.29) is 11.7 Å². The summed E-state index contributed by atoms with van der Waals surface area (Å²) < 4.78 is 5.44. The standard InChI is InChI=1S/C13H13N5O3/c1-6-12(19)16-9-5-8(3-4-10(9)21-6)15-13(20)11-14-7(2)17-18-11/h3-6H,1-2H3,(H,15,20)(H,16,19)(H,14,17,18). The van der Waals surface area contributed by atoms with Crippen LogP contribution in [0.5, 0.6) is 5.75 Å². The van der Waals surface area contributed by atoms with Gasteiger partial charge in [-0.2, -0.15) is 0 Å². The Bertz CT molecular complexity index is 724. The van der Waals surface area contributed by atoms with Gasteiger partial charge in [-0.25, -0.2) is 4.98 Å². The number of anilines is 2. The number of hydrogen-bond donors (Lipinski definition) is 3. The minimum atomic E-state index is -0.533. The largest absolute Gasteiger partial charge is 0.479 e. The maximum Gasteiger partial charge on any atom is 0.295 e. The number of carbonyl (C=O) groups excluding carboxylic acids is 2. The molecule has 0 saturated heterocycles. The summed E-state index contributed by atoms with van der Waals surface area (Å²) in [5, 5.41) is 11.7. The number of aromatic nitrogens is 3. The number of fused-ring (bicyclic) bond motifs is 1. The minimum Gasteiger partial charge on any atom is -0.479 e. The summed E-state index contributed by atoms with van der Waals surface area (Å²) in [7, 11) is 0. The second kappa shape index (κ2) is 4.89. The highest BCUT2D eigenvalue weighted by atomic mass is 16.5. The van der Waals surface area contributed by atoms with Crippen LogP contribution in [-0.4, -0.2) is 33.1 Å². The van der Waals surface area contributed by atoms with E-state index in [1.807, 2.05) is 0 Å². The number of rotatable bonds is 2. The quantitative estimate of drug-likeness (QED) is 0.766. The van der Waals surface area contributed by atoms with Crippen LogP contribution in [0.3, 0.4) is 0 Å². The molecule has 2 amide bonds. The molecule has 0 bridgehead atoms. The zero-order valence-corrected chi connectivity index (χ0v) is 11.4. The van der Waals surface area contributed by atoms with Crippen LogP contribution in [0.15, 0.2) is 18.2 Å². The normalized spacial score (nSPS) is 16.7. The fourth-order valence-electron chi connectivity index (χ4n) is 1.92. The Balaban J connectivity index is 1.80. The third kappa shape index (κ3) is 2.55. The molecule has 3 N–H and O–H groups in total. The van der Waals surface area contributed by atoms with Gasteiger partial charge in [0.2, 0.25) is 5.82 Å². The van der Waals surface area contributed by atoms with Crippen molar-refractivity contribution in [1.82, 2.24) is 15.2 Å². The van der Waals surface area contributed by atoms with Crippen molar-refractivity contribution in [3.05, 3.63) is 29.8 Å². The second-order valence-corrected chi connectivity index (χ2v) is 4.66. The van der Waals surface area contributed by atoms with E-state index in [1.54, 1.807) is 32.0 Å². The molecule has 0 fully saturated rings. The number of amides is 2. The van der Waals surface area contributed by atoms with Gasteiger partial charge in [0, 0.05) is 5.69 Å². The average molecular weight is 287 g/mol. The van der Waals surface area contributed by atoms with Gasteiger partial charge < -0.3 is 15.4 Å². The molecule has 1 aliphatic heterocycles. The fourth-order valence-corrected chi connectivity index (χ4v) is 1.92. The first-order chi connectivity index (χ1) is 10.0. The maximum absolute atomic E-state index is 11.9. The maximum atomic E-state index is 11.9. The highest BCUT2D eigenvalue weighted by Crippen LogP contribution is 2.32. The number of aryl methyl sites for hydroxylation is 1. The third-order valence-corrected chi connectivity index (χ3v) is 2.97. The number of H-pyrrole nitrogens is 1. The van der Waals surface area contributed by atoms with Crippen molar-refractivity contribution in [3.8, 4) is 5.75 Å². The number of ether oxygens (including phenoxy) is 1. The molecule has 8 heteroatoms. The number of nitrogens with zero attached hydrogens (tertiary/aromatic N) is 2. The van der Waals surface area contributed by atoms with E-state index < -0.39 is 12.0 Å². The van der Waals surface area contributed by atoms with E-state index in [0.717, 1.165) is 0 Å². The van der Waals surface area contributed by atoms with Crippen LogP contribution in [0.25, 0.3) is 0 Å². The zero-order chi connectivity index (χ0) is 15.0. The van der Waals surface area contributed by atoms with Crippen LogP contribution in [0.4, 0.5) is 11.4 Å². The number of carbonyl (C=O) groups is 2. The smallest absolute Gasteiger partial charge is 0.295 e. The predicted molar refractivity (Wildman–Crippen MR) is 74.2 cm³/mol. The van der Waals surface area contributed by atoms with E-state index in [9.17, 15) is 9.59 Å². The average Bonchev–Trinajstić information content (AvgIpc) is 2.87. The van der Waals surface area contributed by atoms with Gasteiger partial charge in [-0.05, 0) is 32.0 Å². The van der Waals surface area contributed by atoms with E-state index >= 15 is 0 Å². The van der Waals surface area contributed by atoms with Crippen molar-refractivity contribution >= 4 is 23.2 Å². The Morgan fingerprint density at radius 2 is 2.24 bits per heavy atom. The first kappa shape index (κ1) is 13.1. The van der Waals surface area contributed by atoms with Gasteiger partial charge >= 0.3 is 0 Å². The van der Waals surface area contributed by atoms with Gasteiger partial charge in [0.25, 0.3) is 11.8 Å². The Kier molecular flexibility index (Phi) is 3.05. The molecule has 2 aromatic rings. The van der Waals surface area contributed by atoms with Crippen molar-refractivity contribution < 1.29 is 14.3 Å². The Morgan fingerprint density at radius 3 is 2.95 bits per heavy atom. The van der Waals surface area contributed by atoms with Crippen LogP contribution in [0.1, 0.15) is 23.4 Å². The van der Waals surface area contributed by atoms with Gasteiger partial charge in [-0.1, -0.05) is 0 Å². The van der Waals surface area contributed by atoms with Crippen LogP contribution in [0.2, 0.25) is 0 Å². The monoisotopic (exact) mass is 287 g/mol. The topological polar surface area (TPSA) is 109 Å². The van der Waals surface area contributed by atoms with E-state index in [2.05, 4.69) is 25.8 Å². The van der Waals surface area contributed by atoms with Gasteiger partial charge in [0.1, 0.15) is 11.6 Å². The fraction of sp³-hybridized carbons (Fsp3) is 0.231. The first-order valence-corrected chi connectivity index (χ1v) is 6.35. The predicted octanol–water partition coefficient (Wildman–Crippen LogP) is 1.08. The molecule has 0 spiro atoms. The number of benzene rings is 1. The highest BCUT2D eigenvalue weighted by molar-refractivity contribution is 6.03. The summed E-state index contributed by atoms with van der Waals surface area (Å²) >= 11 is 0. The van der Waals surface area contributed by atoms with Gasteiger partial charge in [-0.15, -0.1) is 5.10 Å². The molecule has 1 aromatic carbocycles. The molecule has 0 aliphatic carbocycles. The molecule has 1 aliphatic rings. The third-order valence-electron chi connectivity index (χ3n) is 2.97. The minimum absolute atomic E-state index is 0.0547. The molecular formula is C13H13N5O3. The zero-order valence-electron chi connectivity index (χ0n) is 11.4. The lowest BCUT2D eigenvalue weighted by molar-refractivity contribution is -0.122. The molecule has 2 heterocycles. The van der Waals surface area contributed by atoms with Crippen molar-refractivity contribution in [1.29, 1.82) is 0 Å². The second-order valence-electron chi connectivity index (χ2n) is 4.66. The summed E-state index contributed by atoms with van der Waals surface area (Å²) in [5.74, 6) is 0.513. The number of nitrogens with one attached hydrogen (secondary N) is 3. The molecule has 1 atom stereocenters. The van der Waals surface area contributed by atoms with Crippen molar-refractivity contribution in [2.75, 3.05) is 10.6 Å². The SMILES string of the molecule is Cc1nc(C(=O)Nc2ccc3c(c2)NC(=O)C(C)O3)n[nH]1. The van der Waals surface area contributed by atoms with E-state index in [0.29, 0.717) is 22.9 Å². The molecule has 0 saturated carbocycles. The van der Waals surface area contributed by atoms with Crippen molar-refractivity contribution in [3.63, 3.8) is 0 Å². The Labute approximate surface area is 119 Å². The molecule has 1 aromatic heterocycles. The van der Waals surface area contributed by atoms with Crippen LogP contribution in [0, 0.1) is 6.92 Å². The number of hydrogen-bond acceptors (Lipinski definition) is 5. The highest BCUT2D eigenvalue weighted by Gasteiger charge is 2.23. The van der Waals surface area contributed by atoms with Crippen LogP contribution < -0.4 is 15.4 Å². The molecular weight excluding hydrogens is 274 g/mol. The Morgan fingerprint density at radius 1 is 1.43 bits per heavy atom. The van der Waals surface area contributed by atoms with Crippen molar-refractivity contribution in [2.24, 2.45) is 0 Å². The number of aromatic amines is 1. The van der Waals surface area contributed by atoms with E-state index in [4.69, 9.17) is 4.74 Å². The lowest BCUT2D eigenvalue weighted by atomic mass is 10.2. The summed E-state index contributed by atoms with van der Waals surface area (Å²) in [4.78, 5) is 27.4. The molecule has 0 radical (unpaired) electrons.